The summed E-state index contributed by atoms with van der Waals surface area (Å²) >= 11 is 11.7. The molecule has 0 aliphatic heterocycles. The molecular formula is C11H15Cl2N3O3S. The average molecular weight is 340 g/mol. The second-order valence-corrected chi connectivity index (χ2v) is 7.12. The number of nitrogens with two attached hydrogens (primary N) is 1. The number of rotatable bonds is 4. The monoisotopic (exact) mass is 339 g/mol. The number of amides is 1. The Hall–Kier alpha value is -1.02. The van der Waals surface area contributed by atoms with Gasteiger partial charge in [0.25, 0.3) is 0 Å². The number of nitrogen functional groups attached to an aromatic ring is 1. The lowest BCUT2D eigenvalue weighted by Crippen LogP contribution is -2.37. The number of likely N-dealkylation sites (N-methyl/N-ethyl adjacent to an activating group) is 2. The largest absolute Gasteiger partial charge is 0.396 e. The van der Waals surface area contributed by atoms with Gasteiger partial charge in [0.05, 0.1) is 22.3 Å². The summed E-state index contributed by atoms with van der Waals surface area (Å²) in [5.41, 5.74) is 5.59. The zero-order valence-corrected chi connectivity index (χ0v) is 13.6. The highest BCUT2D eigenvalue weighted by Crippen LogP contribution is 2.34. The minimum atomic E-state index is -3.92. The molecule has 0 unspecified atom stereocenters. The van der Waals surface area contributed by atoms with Crippen molar-refractivity contribution in [1.29, 1.82) is 0 Å². The van der Waals surface area contributed by atoms with E-state index in [1.54, 1.807) is 0 Å². The van der Waals surface area contributed by atoms with Gasteiger partial charge in [0.1, 0.15) is 4.90 Å². The average Bonchev–Trinajstić information content (AvgIpc) is 2.35. The van der Waals surface area contributed by atoms with Gasteiger partial charge in [0.15, 0.2) is 0 Å². The summed E-state index contributed by atoms with van der Waals surface area (Å²) < 4.78 is 25.6. The molecule has 0 aliphatic rings. The van der Waals surface area contributed by atoms with Crippen LogP contribution < -0.4 is 5.73 Å². The van der Waals surface area contributed by atoms with Crippen LogP contribution in [0.1, 0.15) is 0 Å². The van der Waals surface area contributed by atoms with Crippen LogP contribution in [0.5, 0.6) is 0 Å². The van der Waals surface area contributed by atoms with E-state index in [4.69, 9.17) is 28.9 Å². The van der Waals surface area contributed by atoms with Gasteiger partial charge >= 0.3 is 0 Å². The van der Waals surface area contributed by atoms with Crippen LogP contribution in [-0.4, -0.2) is 51.2 Å². The zero-order chi connectivity index (χ0) is 15.7. The van der Waals surface area contributed by atoms with E-state index in [9.17, 15) is 13.2 Å². The van der Waals surface area contributed by atoms with Crippen molar-refractivity contribution in [3.63, 3.8) is 0 Å². The molecule has 2 N–H and O–H groups in total. The topological polar surface area (TPSA) is 83.7 Å². The molecule has 6 nitrogen and oxygen atoms in total. The van der Waals surface area contributed by atoms with Crippen LogP contribution in [-0.2, 0) is 14.8 Å². The van der Waals surface area contributed by atoms with Crippen LogP contribution >= 0.6 is 23.2 Å². The van der Waals surface area contributed by atoms with E-state index in [1.165, 1.54) is 38.2 Å². The number of carbonyl (C=O) groups excluding carboxylic acids is 1. The maximum Gasteiger partial charge on any atom is 0.244 e. The zero-order valence-electron chi connectivity index (χ0n) is 11.2. The molecule has 20 heavy (non-hydrogen) atoms. The Morgan fingerprint density at radius 2 is 1.80 bits per heavy atom. The van der Waals surface area contributed by atoms with E-state index in [1.807, 2.05) is 0 Å². The third-order valence-electron chi connectivity index (χ3n) is 2.64. The van der Waals surface area contributed by atoms with E-state index < -0.39 is 10.0 Å². The molecule has 0 heterocycles. The van der Waals surface area contributed by atoms with E-state index >= 15 is 0 Å². The molecule has 9 heteroatoms. The Labute approximate surface area is 128 Å². The summed E-state index contributed by atoms with van der Waals surface area (Å²) in [7, 11) is 0.443. The van der Waals surface area contributed by atoms with Gasteiger partial charge < -0.3 is 10.6 Å². The van der Waals surface area contributed by atoms with Crippen molar-refractivity contribution in [3.8, 4) is 0 Å². The molecule has 0 radical (unpaired) electrons. The molecule has 1 rings (SSSR count). The lowest BCUT2D eigenvalue weighted by Gasteiger charge is -2.20. The van der Waals surface area contributed by atoms with Gasteiger partial charge in [0, 0.05) is 21.1 Å². The van der Waals surface area contributed by atoms with Crippen molar-refractivity contribution in [1.82, 2.24) is 9.21 Å². The first kappa shape index (κ1) is 17.0. The number of hydrogen-bond acceptors (Lipinski definition) is 4. The molecule has 1 aromatic carbocycles. The Balaban J connectivity index is 3.18. The molecule has 0 fully saturated rings. The molecular weight excluding hydrogens is 325 g/mol. The summed E-state index contributed by atoms with van der Waals surface area (Å²) in [4.78, 5) is 12.7. The van der Waals surface area contributed by atoms with Gasteiger partial charge in [-0.15, -0.1) is 0 Å². The second-order valence-electron chi connectivity index (χ2n) is 4.32. The Morgan fingerprint density at radius 3 is 2.30 bits per heavy atom. The van der Waals surface area contributed by atoms with Crippen molar-refractivity contribution < 1.29 is 13.2 Å². The summed E-state index contributed by atoms with van der Waals surface area (Å²) in [5.74, 6) is -0.353. The maximum absolute atomic E-state index is 12.3. The van der Waals surface area contributed by atoms with Crippen molar-refractivity contribution in [3.05, 3.63) is 22.2 Å². The van der Waals surface area contributed by atoms with E-state index in [2.05, 4.69) is 0 Å². The number of sulfonamides is 1. The highest BCUT2D eigenvalue weighted by Gasteiger charge is 2.27. The number of halogens is 2. The van der Waals surface area contributed by atoms with Crippen molar-refractivity contribution in [2.45, 2.75) is 4.90 Å². The molecule has 0 saturated carbocycles. The number of hydrogen-bond donors (Lipinski definition) is 1. The Kier molecular flexibility index (Phi) is 5.26. The smallest absolute Gasteiger partial charge is 0.244 e. The third-order valence-corrected chi connectivity index (χ3v) is 5.33. The molecule has 112 valence electrons. The Bertz CT molecular complexity index is 632. The SMILES string of the molecule is CN(C)C(=O)CN(C)S(=O)(=O)c1ccc(Cl)c(N)c1Cl. The predicted molar refractivity (Wildman–Crippen MR) is 79.4 cm³/mol. The summed E-state index contributed by atoms with van der Waals surface area (Å²) in [6, 6.07) is 2.60. The minimum absolute atomic E-state index is 0.0123. The lowest BCUT2D eigenvalue weighted by molar-refractivity contribution is -0.128. The Morgan fingerprint density at radius 1 is 1.25 bits per heavy atom. The molecule has 1 amide bonds. The standard InChI is InChI=1S/C11H15Cl2N3O3S/c1-15(2)9(17)6-16(3)20(18,19)8-5-4-7(12)11(14)10(8)13/h4-5H,6,14H2,1-3H3. The lowest BCUT2D eigenvalue weighted by atomic mass is 10.3. The maximum atomic E-state index is 12.3. The van der Waals surface area contributed by atoms with Crippen molar-refractivity contribution in [2.75, 3.05) is 33.4 Å². The van der Waals surface area contributed by atoms with E-state index in [0.29, 0.717) is 0 Å². The predicted octanol–water partition coefficient (Wildman–Crippen LogP) is 1.28. The highest BCUT2D eigenvalue weighted by atomic mass is 35.5. The quantitative estimate of drug-likeness (QED) is 0.837. The van der Waals surface area contributed by atoms with Crippen LogP contribution in [0.15, 0.2) is 17.0 Å². The number of nitrogens with zero attached hydrogens (tertiary/aromatic N) is 2. The van der Waals surface area contributed by atoms with Crippen molar-refractivity contribution in [2.24, 2.45) is 0 Å². The van der Waals surface area contributed by atoms with Crippen LogP contribution in [0.3, 0.4) is 0 Å². The van der Waals surface area contributed by atoms with Crippen LogP contribution in [0.4, 0.5) is 5.69 Å². The van der Waals surface area contributed by atoms with Gasteiger partial charge in [-0.1, -0.05) is 23.2 Å². The summed E-state index contributed by atoms with van der Waals surface area (Å²) in [6.45, 7) is -0.297. The second kappa shape index (κ2) is 6.17. The first-order valence-electron chi connectivity index (χ1n) is 5.49. The van der Waals surface area contributed by atoms with E-state index in [0.717, 1.165) is 4.31 Å². The fraction of sp³-hybridized carbons (Fsp3) is 0.364. The van der Waals surface area contributed by atoms with Crippen LogP contribution in [0.2, 0.25) is 10.0 Å². The molecule has 0 aromatic heterocycles. The van der Waals surface area contributed by atoms with Gasteiger partial charge in [-0.05, 0) is 12.1 Å². The number of carbonyl (C=O) groups is 1. The van der Waals surface area contributed by atoms with E-state index in [-0.39, 0.29) is 33.1 Å². The molecule has 0 aliphatic carbocycles. The van der Waals surface area contributed by atoms with Gasteiger partial charge in [0.2, 0.25) is 15.9 Å². The molecule has 0 atom stereocenters. The van der Waals surface area contributed by atoms with Gasteiger partial charge in [-0.2, -0.15) is 4.31 Å². The van der Waals surface area contributed by atoms with Crippen molar-refractivity contribution >= 4 is 44.8 Å². The van der Waals surface area contributed by atoms with Crippen LogP contribution in [0, 0.1) is 0 Å². The third kappa shape index (κ3) is 3.35. The molecule has 0 bridgehead atoms. The fourth-order valence-electron chi connectivity index (χ4n) is 1.33. The molecule has 0 spiro atoms. The minimum Gasteiger partial charge on any atom is -0.396 e. The van der Waals surface area contributed by atoms with Gasteiger partial charge in [-0.3, -0.25) is 4.79 Å². The van der Waals surface area contributed by atoms with Gasteiger partial charge in [-0.25, -0.2) is 8.42 Å². The molecule has 1 aromatic rings. The normalized spacial score (nSPS) is 11.7. The number of benzene rings is 1. The fourth-order valence-corrected chi connectivity index (χ4v) is 3.19. The highest BCUT2D eigenvalue weighted by molar-refractivity contribution is 7.89. The summed E-state index contributed by atoms with van der Waals surface area (Å²) in [6.07, 6.45) is 0. The molecule has 0 saturated heterocycles. The first-order chi connectivity index (χ1) is 9.09. The first-order valence-corrected chi connectivity index (χ1v) is 7.68. The summed E-state index contributed by atoms with van der Waals surface area (Å²) in [5, 5.41) is 0.0163. The number of anilines is 1. The van der Waals surface area contributed by atoms with Crippen LogP contribution in [0.25, 0.3) is 0 Å².